The lowest BCUT2D eigenvalue weighted by atomic mass is 9.78. The lowest BCUT2D eigenvalue weighted by Crippen LogP contribution is -3.00. The molecule has 0 aliphatic rings. The van der Waals surface area contributed by atoms with Crippen LogP contribution in [-0.2, 0) is 15.6 Å². The molecule has 0 fully saturated rings. The first kappa shape index (κ1) is 29.1. The zero-order chi connectivity index (χ0) is 25.4. The molecule has 0 saturated carbocycles. The molecule has 0 unspecified atom stereocenters. The summed E-state index contributed by atoms with van der Waals surface area (Å²) in [6.45, 7) is 22.3. The first-order valence-corrected chi connectivity index (χ1v) is 13.1. The number of ether oxygens (including phenoxy) is 1. The Kier molecular flexibility index (Phi) is 9.00. The van der Waals surface area contributed by atoms with Gasteiger partial charge in [0.25, 0.3) is 0 Å². The summed E-state index contributed by atoms with van der Waals surface area (Å²) in [6, 6.07) is 13.6. The first-order valence-electron chi connectivity index (χ1n) is 12.2. The average molecular weight is 514 g/mol. The monoisotopic (exact) mass is 513 g/mol. The van der Waals surface area contributed by atoms with E-state index in [9.17, 15) is 4.79 Å². The van der Waals surface area contributed by atoms with E-state index < -0.39 is 0 Å². The molecule has 0 radical (unpaired) electrons. The van der Waals surface area contributed by atoms with Crippen LogP contribution in [0.25, 0.3) is 16.8 Å². The third-order valence-electron chi connectivity index (χ3n) is 6.33. The third kappa shape index (κ3) is 6.16. The van der Waals surface area contributed by atoms with Crippen molar-refractivity contribution < 1.29 is 26.5 Å². The Labute approximate surface area is 222 Å². The molecule has 0 aliphatic carbocycles. The minimum atomic E-state index is -0.253. The molecule has 1 heterocycles. The highest BCUT2D eigenvalue weighted by molar-refractivity contribution is 7.11. The molecule has 3 aromatic rings. The van der Waals surface area contributed by atoms with Crippen molar-refractivity contribution in [3.63, 3.8) is 0 Å². The number of halogens is 1. The number of carbonyl (C=O) groups is 1. The standard InChI is InChI=1S/C30H40NO2S.ClH/c1-11-33-28(32)27-20(4)31(18-34-27)26-24(19(2)3)13-12-14-25(26)21-15-22(29(5,6)7)17-23(16-21)30(8,9)10;/h12-19H,11H2,1-10H3;1H/q+1;/p-1. The first-order chi connectivity index (χ1) is 15.8. The molecule has 0 amide bonds. The molecule has 3 nitrogen and oxygen atoms in total. The van der Waals surface area contributed by atoms with E-state index in [1.54, 1.807) is 0 Å². The number of carbonyl (C=O) groups excluding carboxylic acids is 1. The van der Waals surface area contributed by atoms with Gasteiger partial charge in [0.05, 0.1) is 12.2 Å². The quantitative estimate of drug-likeness (QED) is 0.359. The van der Waals surface area contributed by atoms with Gasteiger partial charge in [0.1, 0.15) is 0 Å². The predicted molar refractivity (Wildman–Crippen MR) is 143 cm³/mol. The Balaban J connectivity index is 0.00000432. The summed E-state index contributed by atoms with van der Waals surface area (Å²) in [6.07, 6.45) is 0. The Bertz CT molecular complexity index is 1160. The predicted octanol–water partition coefficient (Wildman–Crippen LogP) is 4.90. The van der Waals surface area contributed by atoms with Crippen molar-refractivity contribution in [2.75, 3.05) is 6.61 Å². The van der Waals surface area contributed by atoms with Gasteiger partial charge in [0, 0.05) is 12.5 Å². The maximum Gasteiger partial charge on any atom is 0.355 e. The zero-order valence-corrected chi connectivity index (χ0v) is 24.4. The maximum atomic E-state index is 12.6. The molecular weight excluding hydrogens is 474 g/mol. The van der Waals surface area contributed by atoms with Crippen molar-refractivity contribution in [1.29, 1.82) is 0 Å². The summed E-state index contributed by atoms with van der Waals surface area (Å²) in [5.74, 6) is 0.0813. The molecular formula is C30H40ClNO2S. The van der Waals surface area contributed by atoms with Gasteiger partial charge in [0.15, 0.2) is 4.88 Å². The van der Waals surface area contributed by atoms with Crippen LogP contribution in [0.4, 0.5) is 0 Å². The summed E-state index contributed by atoms with van der Waals surface area (Å²) in [4.78, 5) is 13.2. The van der Waals surface area contributed by atoms with Crippen LogP contribution in [-0.4, -0.2) is 12.6 Å². The number of aromatic nitrogens is 1. The van der Waals surface area contributed by atoms with E-state index in [2.05, 4.69) is 96.4 Å². The van der Waals surface area contributed by atoms with E-state index in [1.807, 2.05) is 19.4 Å². The van der Waals surface area contributed by atoms with Crippen LogP contribution in [0.15, 0.2) is 41.9 Å². The van der Waals surface area contributed by atoms with Crippen LogP contribution >= 0.6 is 11.3 Å². The smallest absolute Gasteiger partial charge is 0.355 e. The second-order valence-electron chi connectivity index (χ2n) is 11.4. The van der Waals surface area contributed by atoms with E-state index in [0.717, 1.165) is 11.4 Å². The number of esters is 1. The summed E-state index contributed by atoms with van der Waals surface area (Å²) in [5.41, 5.74) is 10.5. The van der Waals surface area contributed by atoms with E-state index >= 15 is 0 Å². The number of para-hydroxylation sites is 1. The van der Waals surface area contributed by atoms with E-state index in [1.165, 1.54) is 39.2 Å². The molecule has 35 heavy (non-hydrogen) atoms. The van der Waals surface area contributed by atoms with Gasteiger partial charge in [0.2, 0.25) is 16.9 Å². The molecule has 1 aromatic heterocycles. The van der Waals surface area contributed by atoms with Crippen molar-refractivity contribution in [2.24, 2.45) is 0 Å². The topological polar surface area (TPSA) is 30.2 Å². The van der Waals surface area contributed by atoms with Crippen molar-refractivity contribution in [1.82, 2.24) is 0 Å². The van der Waals surface area contributed by atoms with Gasteiger partial charge < -0.3 is 17.1 Å². The van der Waals surface area contributed by atoms with Crippen LogP contribution in [0.3, 0.4) is 0 Å². The highest BCUT2D eigenvalue weighted by atomic mass is 35.5. The molecule has 0 atom stereocenters. The fourth-order valence-corrected chi connectivity index (χ4v) is 5.07. The van der Waals surface area contributed by atoms with Gasteiger partial charge in [-0.15, -0.1) is 0 Å². The summed E-state index contributed by atoms with van der Waals surface area (Å²) >= 11 is 1.45. The second kappa shape index (κ2) is 10.8. The van der Waals surface area contributed by atoms with Crippen molar-refractivity contribution in [2.45, 2.75) is 86.0 Å². The Hall–Kier alpha value is -2.17. The fraction of sp³-hybridized carbons (Fsp3) is 0.467. The fourth-order valence-electron chi connectivity index (χ4n) is 4.17. The van der Waals surface area contributed by atoms with Crippen LogP contribution in [0.5, 0.6) is 0 Å². The number of nitrogens with zero attached hydrogens (tertiary/aromatic N) is 1. The highest BCUT2D eigenvalue weighted by Crippen LogP contribution is 2.37. The third-order valence-corrected chi connectivity index (χ3v) is 7.35. The summed E-state index contributed by atoms with van der Waals surface area (Å²) in [7, 11) is 0. The molecule has 0 aliphatic heterocycles. The SMILES string of the molecule is CCOC(=O)c1sc[n+](-c2c(-c3cc(C(C)(C)C)cc(C(C)(C)C)c3)cccc2C(C)C)c1C.[Cl-]. The van der Waals surface area contributed by atoms with Crippen molar-refractivity contribution in [3.8, 4) is 16.8 Å². The Morgan fingerprint density at radius 1 is 1.00 bits per heavy atom. The largest absolute Gasteiger partial charge is 1.00 e. The van der Waals surface area contributed by atoms with Gasteiger partial charge in [-0.05, 0) is 46.4 Å². The number of rotatable bonds is 5. The van der Waals surface area contributed by atoms with Crippen LogP contribution in [0, 0.1) is 6.92 Å². The lowest BCUT2D eigenvalue weighted by molar-refractivity contribution is -0.597. The Morgan fingerprint density at radius 3 is 2.06 bits per heavy atom. The van der Waals surface area contributed by atoms with E-state index in [0.29, 0.717) is 17.4 Å². The minimum Gasteiger partial charge on any atom is -1.00 e. The van der Waals surface area contributed by atoms with E-state index in [4.69, 9.17) is 4.74 Å². The van der Waals surface area contributed by atoms with Gasteiger partial charge in [-0.2, -0.15) is 4.57 Å². The molecule has 190 valence electrons. The van der Waals surface area contributed by atoms with Crippen LogP contribution in [0.2, 0.25) is 0 Å². The molecule has 5 heteroatoms. The molecule has 0 saturated heterocycles. The maximum absolute atomic E-state index is 12.6. The highest BCUT2D eigenvalue weighted by Gasteiger charge is 2.30. The van der Waals surface area contributed by atoms with Gasteiger partial charge in [-0.1, -0.05) is 97.1 Å². The number of hydrogen-bond acceptors (Lipinski definition) is 3. The minimum absolute atomic E-state index is 0. The van der Waals surface area contributed by atoms with Crippen molar-refractivity contribution >= 4 is 17.3 Å². The van der Waals surface area contributed by atoms with Gasteiger partial charge in [-0.3, -0.25) is 0 Å². The van der Waals surface area contributed by atoms with E-state index in [-0.39, 0.29) is 29.2 Å². The molecule has 3 rings (SSSR count). The second-order valence-corrected chi connectivity index (χ2v) is 12.3. The number of hydrogen-bond donors (Lipinski definition) is 0. The Morgan fingerprint density at radius 2 is 1.57 bits per heavy atom. The van der Waals surface area contributed by atoms with Gasteiger partial charge in [-0.25, -0.2) is 4.79 Å². The van der Waals surface area contributed by atoms with Crippen molar-refractivity contribution in [3.05, 3.63) is 69.2 Å². The molecule has 0 N–H and O–H groups in total. The molecule has 0 bridgehead atoms. The lowest BCUT2D eigenvalue weighted by Gasteiger charge is -2.26. The van der Waals surface area contributed by atoms with Crippen LogP contribution < -0.4 is 17.0 Å². The summed E-state index contributed by atoms with van der Waals surface area (Å²) < 4.78 is 7.50. The zero-order valence-electron chi connectivity index (χ0n) is 22.9. The normalized spacial score (nSPS) is 12.0. The van der Waals surface area contributed by atoms with Crippen LogP contribution in [0.1, 0.15) is 100 Å². The summed E-state index contributed by atoms with van der Waals surface area (Å²) in [5, 5.41) is 0. The average Bonchev–Trinajstić information content (AvgIpc) is 3.12. The van der Waals surface area contributed by atoms with Gasteiger partial charge >= 0.3 is 5.97 Å². The molecule has 0 spiro atoms. The molecule has 2 aromatic carbocycles. The number of thiazole rings is 1. The number of benzene rings is 2.